The zero-order chi connectivity index (χ0) is 33.1. The van der Waals surface area contributed by atoms with Crippen LogP contribution in [-0.4, -0.2) is 68.0 Å². The lowest BCUT2D eigenvalue weighted by Gasteiger charge is -2.29. The SMILES string of the molecule is O=C(O[C@H]1[C@@H](OC(=O)c2ccccc2)[C@H](n2cnc3c(Cl)ncnc32)O[C@@H]1[C@H](OC(=O)c1ccccc1)C(F)(F)F)c1ccccc1. The van der Waals surface area contributed by atoms with E-state index in [-0.39, 0.29) is 33.0 Å². The summed E-state index contributed by atoms with van der Waals surface area (Å²) in [5.41, 5.74) is -0.0653. The molecule has 0 spiro atoms. The highest BCUT2D eigenvalue weighted by Gasteiger charge is 2.61. The van der Waals surface area contributed by atoms with Gasteiger partial charge >= 0.3 is 24.1 Å². The summed E-state index contributed by atoms with van der Waals surface area (Å²) in [5.74, 6) is -3.34. The highest BCUT2D eigenvalue weighted by molar-refractivity contribution is 6.33. The van der Waals surface area contributed by atoms with Crippen LogP contribution in [0.25, 0.3) is 11.2 Å². The standard InChI is InChI=1S/C32H22ClF3N4O7/c33-26-21-27(38-16-37-26)40(17-39-21)28-24(46-30(42)19-12-6-2-7-13-19)22(45-29(41)18-10-4-1-5-11-18)23(44-28)25(32(34,35)36)47-31(43)20-14-8-3-9-15-20/h1-17,22-25,28H/t22-,23+,24-,25+,28-/m1/s1. The van der Waals surface area contributed by atoms with Crippen LogP contribution in [0.2, 0.25) is 5.15 Å². The smallest absolute Gasteiger partial charge is 0.428 e. The summed E-state index contributed by atoms with van der Waals surface area (Å²) in [5, 5.41) is -0.0712. The number of halogens is 4. The molecule has 0 N–H and O–H groups in total. The van der Waals surface area contributed by atoms with Crippen LogP contribution in [0.3, 0.4) is 0 Å². The molecule has 15 heteroatoms. The van der Waals surface area contributed by atoms with E-state index in [2.05, 4.69) is 15.0 Å². The first-order valence-electron chi connectivity index (χ1n) is 13.9. The Morgan fingerprint density at radius 3 is 1.79 bits per heavy atom. The summed E-state index contributed by atoms with van der Waals surface area (Å²) < 4.78 is 68.1. The third kappa shape index (κ3) is 6.64. The fourth-order valence-corrected chi connectivity index (χ4v) is 5.19. The summed E-state index contributed by atoms with van der Waals surface area (Å²) in [6.45, 7) is 0. The second-order valence-electron chi connectivity index (χ2n) is 10.2. The Morgan fingerprint density at radius 1 is 0.745 bits per heavy atom. The lowest BCUT2D eigenvalue weighted by molar-refractivity contribution is -0.244. The number of alkyl halides is 3. The molecule has 0 amide bonds. The summed E-state index contributed by atoms with van der Waals surface area (Å²) in [7, 11) is 0. The number of carbonyl (C=O) groups is 3. The van der Waals surface area contributed by atoms with Crippen molar-refractivity contribution in [2.24, 2.45) is 0 Å². The molecule has 1 saturated heterocycles. The molecule has 1 fully saturated rings. The van der Waals surface area contributed by atoms with E-state index in [9.17, 15) is 27.6 Å². The predicted octanol–water partition coefficient (Wildman–Crippen LogP) is 5.62. The van der Waals surface area contributed by atoms with Gasteiger partial charge in [0.2, 0.25) is 6.10 Å². The zero-order valence-electron chi connectivity index (χ0n) is 23.9. The van der Waals surface area contributed by atoms with Crippen molar-refractivity contribution >= 4 is 40.7 Å². The van der Waals surface area contributed by atoms with Gasteiger partial charge in [0.1, 0.15) is 17.9 Å². The van der Waals surface area contributed by atoms with Crippen LogP contribution in [0.4, 0.5) is 13.2 Å². The molecule has 0 bridgehead atoms. The molecule has 47 heavy (non-hydrogen) atoms. The van der Waals surface area contributed by atoms with E-state index in [1.54, 1.807) is 30.3 Å². The quantitative estimate of drug-likeness (QED) is 0.117. The Morgan fingerprint density at radius 2 is 1.26 bits per heavy atom. The van der Waals surface area contributed by atoms with Crippen LogP contribution >= 0.6 is 11.6 Å². The van der Waals surface area contributed by atoms with Crippen LogP contribution in [0.15, 0.2) is 104 Å². The minimum absolute atomic E-state index is 0.00869. The third-order valence-electron chi connectivity index (χ3n) is 7.18. The van der Waals surface area contributed by atoms with Crippen molar-refractivity contribution in [1.29, 1.82) is 0 Å². The molecule has 0 saturated carbocycles. The Bertz CT molecular complexity index is 1900. The van der Waals surface area contributed by atoms with Crippen LogP contribution in [0.5, 0.6) is 0 Å². The minimum atomic E-state index is -5.25. The highest BCUT2D eigenvalue weighted by Crippen LogP contribution is 2.42. The molecule has 1 aliphatic heterocycles. The van der Waals surface area contributed by atoms with Gasteiger partial charge < -0.3 is 18.9 Å². The molecular formula is C32H22ClF3N4O7. The van der Waals surface area contributed by atoms with Crippen LogP contribution in [0, 0.1) is 0 Å². The van der Waals surface area contributed by atoms with E-state index in [0.29, 0.717) is 0 Å². The second kappa shape index (κ2) is 13.2. The monoisotopic (exact) mass is 666 g/mol. The Hall–Kier alpha value is -5.34. The van der Waals surface area contributed by atoms with Gasteiger partial charge in [-0.3, -0.25) is 4.57 Å². The van der Waals surface area contributed by atoms with Crippen molar-refractivity contribution in [3.05, 3.63) is 125 Å². The molecule has 6 rings (SSSR count). The Labute approximate surface area is 268 Å². The number of ether oxygens (including phenoxy) is 4. The van der Waals surface area contributed by atoms with Gasteiger partial charge in [0.15, 0.2) is 29.2 Å². The molecule has 3 aromatic carbocycles. The van der Waals surface area contributed by atoms with Gasteiger partial charge in [-0.25, -0.2) is 29.3 Å². The maximum Gasteiger partial charge on any atom is 0.428 e. The number of esters is 3. The van der Waals surface area contributed by atoms with Gasteiger partial charge in [0.05, 0.1) is 23.0 Å². The number of fused-ring (bicyclic) bond motifs is 1. The first kappa shape index (κ1) is 31.6. The number of rotatable bonds is 8. The highest BCUT2D eigenvalue weighted by atomic mass is 35.5. The molecule has 3 heterocycles. The van der Waals surface area contributed by atoms with Crippen LogP contribution < -0.4 is 0 Å². The second-order valence-corrected chi connectivity index (χ2v) is 10.5. The van der Waals surface area contributed by atoms with Gasteiger partial charge in [-0.05, 0) is 36.4 Å². The summed E-state index contributed by atoms with van der Waals surface area (Å²) in [6, 6.07) is 22.1. The summed E-state index contributed by atoms with van der Waals surface area (Å²) in [6.07, 6.45) is -13.6. The van der Waals surface area contributed by atoms with Gasteiger partial charge in [-0.2, -0.15) is 13.2 Å². The number of aromatic nitrogens is 4. The molecule has 2 aromatic heterocycles. The van der Waals surface area contributed by atoms with E-state index in [1.165, 1.54) is 65.2 Å². The van der Waals surface area contributed by atoms with E-state index >= 15 is 0 Å². The lowest BCUT2D eigenvalue weighted by Crippen LogP contribution is -2.51. The number of carbonyl (C=O) groups excluding carboxylic acids is 3. The number of hydrogen-bond acceptors (Lipinski definition) is 10. The maximum absolute atomic E-state index is 14.8. The van der Waals surface area contributed by atoms with Crippen LogP contribution in [-0.2, 0) is 18.9 Å². The fourth-order valence-electron chi connectivity index (χ4n) is 5.01. The number of nitrogens with zero attached hydrogens (tertiary/aromatic N) is 4. The average Bonchev–Trinajstić information content (AvgIpc) is 3.66. The van der Waals surface area contributed by atoms with Crippen LogP contribution in [0.1, 0.15) is 37.3 Å². The molecule has 0 radical (unpaired) electrons. The Balaban J connectivity index is 1.47. The first-order chi connectivity index (χ1) is 22.6. The summed E-state index contributed by atoms with van der Waals surface area (Å²) in [4.78, 5) is 51.8. The van der Waals surface area contributed by atoms with E-state index in [1.807, 2.05) is 0 Å². The molecule has 0 unspecified atom stereocenters. The Kier molecular flexibility index (Phi) is 8.87. The van der Waals surface area contributed by atoms with Gasteiger partial charge in [0, 0.05) is 0 Å². The van der Waals surface area contributed by atoms with E-state index in [4.69, 9.17) is 30.5 Å². The number of benzene rings is 3. The molecule has 5 atom stereocenters. The molecule has 11 nitrogen and oxygen atoms in total. The fraction of sp³-hybridized carbons (Fsp3) is 0.188. The molecule has 1 aliphatic rings. The van der Waals surface area contributed by atoms with Gasteiger partial charge in [-0.1, -0.05) is 66.2 Å². The van der Waals surface area contributed by atoms with Crippen molar-refractivity contribution in [3.63, 3.8) is 0 Å². The first-order valence-corrected chi connectivity index (χ1v) is 14.3. The predicted molar refractivity (Wildman–Crippen MR) is 157 cm³/mol. The minimum Gasteiger partial charge on any atom is -0.452 e. The van der Waals surface area contributed by atoms with Crippen molar-refractivity contribution in [3.8, 4) is 0 Å². The van der Waals surface area contributed by atoms with Crippen molar-refractivity contribution < 1.29 is 46.5 Å². The zero-order valence-corrected chi connectivity index (χ0v) is 24.6. The number of imidazole rings is 1. The molecule has 5 aromatic rings. The van der Waals surface area contributed by atoms with Crippen molar-refractivity contribution in [1.82, 2.24) is 19.5 Å². The molecule has 240 valence electrons. The summed E-state index contributed by atoms with van der Waals surface area (Å²) >= 11 is 6.17. The normalized spacial score (nSPS) is 20.0. The average molecular weight is 667 g/mol. The van der Waals surface area contributed by atoms with E-state index in [0.717, 1.165) is 12.7 Å². The maximum atomic E-state index is 14.8. The van der Waals surface area contributed by atoms with Crippen molar-refractivity contribution in [2.45, 2.75) is 36.8 Å². The third-order valence-corrected chi connectivity index (χ3v) is 7.46. The molecular weight excluding hydrogens is 645 g/mol. The van der Waals surface area contributed by atoms with Crippen molar-refractivity contribution in [2.75, 3.05) is 0 Å². The van der Waals surface area contributed by atoms with Gasteiger partial charge in [-0.15, -0.1) is 0 Å². The molecule has 0 aliphatic carbocycles. The van der Waals surface area contributed by atoms with Gasteiger partial charge in [0.25, 0.3) is 0 Å². The lowest BCUT2D eigenvalue weighted by atomic mass is 10.0. The number of hydrogen-bond donors (Lipinski definition) is 0. The van der Waals surface area contributed by atoms with E-state index < -0.39 is 54.7 Å². The topological polar surface area (TPSA) is 132 Å². The largest absolute Gasteiger partial charge is 0.452 e.